The summed E-state index contributed by atoms with van der Waals surface area (Å²) in [5.74, 6) is 0.0137. The van der Waals surface area contributed by atoms with E-state index >= 15 is 0 Å². The van der Waals surface area contributed by atoms with E-state index in [1.54, 1.807) is 12.5 Å². The molecular weight excluding hydrogens is 412 g/mol. The second-order valence-electron chi connectivity index (χ2n) is 8.27. The first kappa shape index (κ1) is 21.7. The Bertz CT molecular complexity index is 1030. The highest BCUT2D eigenvalue weighted by Gasteiger charge is 2.26. The van der Waals surface area contributed by atoms with Gasteiger partial charge in [0.25, 0.3) is 5.91 Å². The van der Waals surface area contributed by atoms with E-state index in [1.807, 2.05) is 40.7 Å². The van der Waals surface area contributed by atoms with Crippen LogP contribution in [0.5, 0.6) is 0 Å². The Morgan fingerprint density at radius 2 is 1.90 bits per heavy atom. The van der Waals surface area contributed by atoms with Gasteiger partial charge in [0.2, 0.25) is 0 Å². The molecule has 0 aliphatic carbocycles. The highest BCUT2D eigenvalue weighted by atomic mass is 35.5. The van der Waals surface area contributed by atoms with Gasteiger partial charge in [-0.05, 0) is 45.0 Å². The van der Waals surface area contributed by atoms with Crippen molar-refractivity contribution in [3.8, 4) is 0 Å². The first-order chi connectivity index (χ1) is 15.0. The minimum Gasteiger partial charge on any atom is -0.337 e. The Balaban J connectivity index is 1.67. The van der Waals surface area contributed by atoms with Gasteiger partial charge < -0.3 is 9.30 Å². The van der Waals surface area contributed by atoms with Crippen LogP contribution in [0.15, 0.2) is 36.9 Å². The van der Waals surface area contributed by atoms with Crippen LogP contribution < -0.4 is 0 Å². The molecule has 31 heavy (non-hydrogen) atoms. The van der Waals surface area contributed by atoms with Gasteiger partial charge in [-0.25, -0.2) is 15.0 Å². The quantitative estimate of drug-likeness (QED) is 0.589. The largest absolute Gasteiger partial charge is 0.337 e. The number of nitrogens with zero attached hydrogens (tertiary/aromatic N) is 6. The summed E-state index contributed by atoms with van der Waals surface area (Å²) < 4.78 is 1.95. The van der Waals surface area contributed by atoms with Crippen LogP contribution >= 0.6 is 11.6 Å². The van der Waals surface area contributed by atoms with Crippen LogP contribution in [0.3, 0.4) is 0 Å². The average Bonchev–Trinajstić information content (AvgIpc) is 3.10. The molecule has 1 fully saturated rings. The van der Waals surface area contributed by atoms with Crippen molar-refractivity contribution in [3.05, 3.63) is 59.0 Å². The molecule has 8 heteroatoms. The maximum absolute atomic E-state index is 13.5. The van der Waals surface area contributed by atoms with Gasteiger partial charge >= 0.3 is 0 Å². The van der Waals surface area contributed by atoms with Gasteiger partial charge in [0.05, 0.1) is 16.4 Å². The number of carbonyl (C=O) groups is 1. The second-order valence-corrected chi connectivity index (χ2v) is 8.70. The van der Waals surface area contributed by atoms with Crippen molar-refractivity contribution >= 4 is 23.2 Å². The van der Waals surface area contributed by atoms with Crippen LogP contribution in [0, 0.1) is 0 Å². The summed E-state index contributed by atoms with van der Waals surface area (Å²) in [7, 11) is 2.03. The number of carbonyl (C=O) groups excluding carboxylic acids is 1. The number of fused-ring (bicyclic) bond motifs is 1. The first-order valence-electron chi connectivity index (χ1n) is 11.0. The number of amides is 1. The molecule has 0 radical (unpaired) electrons. The summed E-state index contributed by atoms with van der Waals surface area (Å²) in [6, 6.07) is 5.64. The molecule has 1 amide bonds. The number of aromatic nitrogens is 4. The van der Waals surface area contributed by atoms with E-state index < -0.39 is 0 Å². The molecule has 1 atom stereocenters. The molecule has 3 aromatic heterocycles. The highest BCUT2D eigenvalue weighted by Crippen LogP contribution is 2.24. The topological polar surface area (TPSA) is 66.6 Å². The summed E-state index contributed by atoms with van der Waals surface area (Å²) in [6.07, 6.45) is 10.9. The highest BCUT2D eigenvalue weighted by molar-refractivity contribution is 6.30. The Morgan fingerprint density at radius 1 is 1.16 bits per heavy atom. The number of hydrogen-bond acceptors (Lipinski definition) is 5. The molecule has 0 bridgehead atoms. The summed E-state index contributed by atoms with van der Waals surface area (Å²) in [5, 5.41) is 0.614. The van der Waals surface area contributed by atoms with Crippen molar-refractivity contribution in [2.45, 2.75) is 51.6 Å². The van der Waals surface area contributed by atoms with E-state index in [2.05, 4.69) is 21.8 Å². The fraction of sp³-hybridized carbons (Fsp3) is 0.478. The number of imidazole rings is 1. The zero-order valence-electron chi connectivity index (χ0n) is 18.2. The van der Waals surface area contributed by atoms with Crippen LogP contribution in [0.4, 0.5) is 0 Å². The second kappa shape index (κ2) is 9.75. The Kier molecular flexibility index (Phi) is 6.83. The molecular formula is C23H29ClN6O. The summed E-state index contributed by atoms with van der Waals surface area (Å²) in [6.45, 7) is 4.22. The van der Waals surface area contributed by atoms with E-state index in [0.29, 0.717) is 17.3 Å². The molecule has 0 spiro atoms. The van der Waals surface area contributed by atoms with Gasteiger partial charge in [0, 0.05) is 38.1 Å². The van der Waals surface area contributed by atoms with Crippen molar-refractivity contribution in [2.24, 2.45) is 0 Å². The molecule has 0 N–H and O–H groups in total. The van der Waals surface area contributed by atoms with Gasteiger partial charge in [-0.1, -0.05) is 30.9 Å². The van der Waals surface area contributed by atoms with Crippen LogP contribution in [-0.4, -0.2) is 55.2 Å². The maximum Gasteiger partial charge on any atom is 0.274 e. The summed E-state index contributed by atoms with van der Waals surface area (Å²) in [5.41, 5.74) is 3.04. The Hall–Kier alpha value is -2.51. The third-order valence-electron chi connectivity index (χ3n) is 6.12. The minimum absolute atomic E-state index is 0.0137. The lowest BCUT2D eigenvalue weighted by Gasteiger charge is -2.26. The zero-order chi connectivity index (χ0) is 21.8. The minimum atomic E-state index is 0.0137. The maximum atomic E-state index is 13.5. The Morgan fingerprint density at radius 3 is 2.61 bits per heavy atom. The van der Waals surface area contributed by atoms with E-state index in [0.717, 1.165) is 43.0 Å². The number of halogens is 1. The number of pyridine rings is 1. The standard InChI is InChI=1S/C23H29ClN6O/c1-17(19-10-11-25-16-26-19)28(2)15-20-22(27-21-9-8-18(24)14-30(20)21)23(31)29-12-6-4-3-5-7-13-29/h8-11,14,16-17H,3-7,12-13,15H2,1-2H3/t17-/m1/s1. The van der Waals surface area contributed by atoms with Crippen molar-refractivity contribution < 1.29 is 4.79 Å². The molecule has 164 valence electrons. The summed E-state index contributed by atoms with van der Waals surface area (Å²) >= 11 is 6.29. The first-order valence-corrected chi connectivity index (χ1v) is 11.3. The summed E-state index contributed by atoms with van der Waals surface area (Å²) in [4.78, 5) is 30.8. The van der Waals surface area contributed by atoms with Crippen LogP contribution in [0.25, 0.3) is 5.65 Å². The fourth-order valence-corrected chi connectivity index (χ4v) is 4.30. The third kappa shape index (κ3) is 4.88. The molecule has 4 rings (SSSR count). The van der Waals surface area contributed by atoms with Crippen LogP contribution in [0.1, 0.15) is 66.9 Å². The smallest absolute Gasteiger partial charge is 0.274 e. The van der Waals surface area contributed by atoms with Gasteiger partial charge in [-0.2, -0.15) is 0 Å². The van der Waals surface area contributed by atoms with Crippen LogP contribution in [0.2, 0.25) is 5.02 Å². The molecule has 3 aromatic rings. The van der Waals surface area contributed by atoms with Crippen molar-refractivity contribution in [3.63, 3.8) is 0 Å². The molecule has 1 aliphatic heterocycles. The van der Waals surface area contributed by atoms with Gasteiger partial charge in [0.1, 0.15) is 12.0 Å². The lowest BCUT2D eigenvalue weighted by Crippen LogP contribution is -2.35. The lowest BCUT2D eigenvalue weighted by molar-refractivity contribution is 0.0734. The van der Waals surface area contributed by atoms with E-state index in [9.17, 15) is 4.79 Å². The molecule has 7 nitrogen and oxygen atoms in total. The molecule has 1 aliphatic rings. The number of likely N-dealkylation sites (tertiary alicyclic amines) is 1. The van der Waals surface area contributed by atoms with Crippen LogP contribution in [-0.2, 0) is 6.54 Å². The number of hydrogen-bond donors (Lipinski definition) is 0. The lowest BCUT2D eigenvalue weighted by atomic mass is 10.1. The molecule has 4 heterocycles. The molecule has 0 saturated carbocycles. The predicted molar refractivity (Wildman–Crippen MR) is 121 cm³/mol. The van der Waals surface area contributed by atoms with Gasteiger partial charge in [0.15, 0.2) is 5.69 Å². The molecule has 1 saturated heterocycles. The zero-order valence-corrected chi connectivity index (χ0v) is 18.9. The van der Waals surface area contributed by atoms with Gasteiger partial charge in [-0.3, -0.25) is 9.69 Å². The predicted octanol–water partition coefficient (Wildman–Crippen LogP) is 4.38. The number of rotatable bonds is 5. The monoisotopic (exact) mass is 440 g/mol. The van der Waals surface area contributed by atoms with E-state index in [1.165, 1.54) is 19.3 Å². The van der Waals surface area contributed by atoms with E-state index in [4.69, 9.17) is 16.6 Å². The average molecular weight is 441 g/mol. The van der Waals surface area contributed by atoms with Crippen molar-refractivity contribution in [1.29, 1.82) is 0 Å². The molecule has 0 unspecified atom stereocenters. The third-order valence-corrected chi connectivity index (χ3v) is 6.34. The molecule has 0 aromatic carbocycles. The normalized spacial score (nSPS) is 16.3. The van der Waals surface area contributed by atoms with Gasteiger partial charge in [-0.15, -0.1) is 0 Å². The van der Waals surface area contributed by atoms with Crippen molar-refractivity contribution in [1.82, 2.24) is 29.2 Å². The van der Waals surface area contributed by atoms with E-state index in [-0.39, 0.29) is 11.9 Å². The SMILES string of the molecule is C[C@H](c1ccncn1)N(C)Cc1c(C(=O)N2CCCCCCC2)nc2ccc(Cl)cn12. The Labute approximate surface area is 188 Å². The van der Waals surface area contributed by atoms with Crippen molar-refractivity contribution in [2.75, 3.05) is 20.1 Å². The fourth-order valence-electron chi connectivity index (χ4n) is 4.14.